The maximum atomic E-state index is 12.5. The number of likely N-dealkylation sites (tertiary alicyclic amines) is 1. The summed E-state index contributed by atoms with van der Waals surface area (Å²) in [6.07, 6.45) is 2.11. The van der Waals surface area contributed by atoms with Gasteiger partial charge in [-0.25, -0.2) is 0 Å². The highest BCUT2D eigenvalue weighted by Crippen LogP contribution is 2.19. The van der Waals surface area contributed by atoms with Gasteiger partial charge in [-0.15, -0.1) is 24.8 Å². The molecule has 1 heterocycles. The molecule has 1 fully saturated rings. The Kier molecular flexibility index (Phi) is 9.78. The van der Waals surface area contributed by atoms with Crippen LogP contribution in [-0.2, 0) is 6.54 Å². The summed E-state index contributed by atoms with van der Waals surface area (Å²) in [6, 6.07) is 8.57. The third kappa shape index (κ3) is 5.64. The number of halogens is 2. The van der Waals surface area contributed by atoms with Crippen LogP contribution in [0.4, 0.5) is 0 Å². The number of hydrogen-bond acceptors (Lipinski definition) is 3. The molecule has 2 N–H and O–H groups in total. The minimum atomic E-state index is 0. The first-order valence-corrected chi connectivity index (χ1v) is 7.83. The summed E-state index contributed by atoms with van der Waals surface area (Å²) in [5, 5.41) is 0. The molecule has 1 aromatic rings. The van der Waals surface area contributed by atoms with E-state index in [4.69, 9.17) is 5.73 Å². The summed E-state index contributed by atoms with van der Waals surface area (Å²) in [5.74, 6) is 0.113. The van der Waals surface area contributed by atoms with E-state index >= 15 is 0 Å². The first kappa shape index (κ1) is 22.2. The minimum Gasteiger partial charge on any atom is -0.339 e. The molecule has 2 rings (SSSR count). The van der Waals surface area contributed by atoms with Crippen molar-refractivity contribution in [3.63, 3.8) is 0 Å². The van der Waals surface area contributed by atoms with Crippen LogP contribution in [0.5, 0.6) is 0 Å². The van der Waals surface area contributed by atoms with E-state index in [1.54, 1.807) is 0 Å². The topological polar surface area (TPSA) is 49.6 Å². The maximum absolute atomic E-state index is 12.5. The van der Waals surface area contributed by atoms with Crippen LogP contribution in [-0.4, -0.2) is 47.9 Å². The zero-order valence-corrected chi connectivity index (χ0v) is 15.8. The van der Waals surface area contributed by atoms with E-state index < -0.39 is 0 Å². The van der Waals surface area contributed by atoms with E-state index in [1.165, 1.54) is 0 Å². The van der Waals surface area contributed by atoms with Gasteiger partial charge in [0.1, 0.15) is 0 Å². The van der Waals surface area contributed by atoms with E-state index in [0.717, 1.165) is 37.1 Å². The van der Waals surface area contributed by atoms with Gasteiger partial charge in [0, 0.05) is 44.3 Å². The van der Waals surface area contributed by atoms with Crippen molar-refractivity contribution in [2.45, 2.75) is 45.3 Å². The van der Waals surface area contributed by atoms with Crippen molar-refractivity contribution in [2.24, 2.45) is 5.73 Å². The first-order chi connectivity index (χ1) is 10.0. The van der Waals surface area contributed by atoms with Crippen molar-refractivity contribution in [1.29, 1.82) is 0 Å². The van der Waals surface area contributed by atoms with E-state index in [2.05, 4.69) is 18.7 Å². The molecule has 0 spiro atoms. The van der Waals surface area contributed by atoms with E-state index in [1.807, 2.05) is 36.2 Å². The van der Waals surface area contributed by atoms with Crippen molar-refractivity contribution >= 4 is 30.7 Å². The number of rotatable bonds is 4. The van der Waals surface area contributed by atoms with Gasteiger partial charge >= 0.3 is 0 Å². The summed E-state index contributed by atoms with van der Waals surface area (Å²) in [4.78, 5) is 16.9. The normalized spacial score (nSPS) is 15.7. The fraction of sp³-hybridized carbons (Fsp3) is 0.588. The molecule has 1 aliphatic heterocycles. The van der Waals surface area contributed by atoms with E-state index in [9.17, 15) is 4.79 Å². The van der Waals surface area contributed by atoms with Crippen LogP contribution in [0.2, 0.25) is 0 Å². The molecule has 1 aromatic carbocycles. The smallest absolute Gasteiger partial charge is 0.253 e. The Hall–Kier alpha value is -0.810. The van der Waals surface area contributed by atoms with Crippen LogP contribution < -0.4 is 5.73 Å². The quantitative estimate of drug-likeness (QED) is 0.896. The van der Waals surface area contributed by atoms with Crippen molar-refractivity contribution in [1.82, 2.24) is 9.80 Å². The summed E-state index contributed by atoms with van der Waals surface area (Å²) < 4.78 is 0. The highest BCUT2D eigenvalue weighted by molar-refractivity contribution is 5.94. The summed E-state index contributed by atoms with van der Waals surface area (Å²) >= 11 is 0. The average molecular weight is 362 g/mol. The Balaban J connectivity index is 0.00000242. The molecular weight excluding hydrogens is 333 g/mol. The molecule has 0 atom stereocenters. The van der Waals surface area contributed by atoms with Crippen LogP contribution in [0.25, 0.3) is 0 Å². The SMILES string of the molecule is CC(C)N1CCC(N(C)C(=O)c2ccc(CN)cc2)CC1.Cl.Cl. The number of piperidine rings is 1. The molecular formula is C17H29Cl2N3O. The average Bonchev–Trinajstić information content (AvgIpc) is 2.53. The van der Waals surface area contributed by atoms with Crippen LogP contribution in [0.15, 0.2) is 24.3 Å². The molecule has 1 aliphatic rings. The molecule has 1 amide bonds. The second kappa shape index (κ2) is 10.1. The molecule has 1 saturated heterocycles. The third-order valence-electron chi connectivity index (χ3n) is 4.53. The minimum absolute atomic E-state index is 0. The number of nitrogens with zero attached hydrogens (tertiary/aromatic N) is 2. The van der Waals surface area contributed by atoms with Crippen molar-refractivity contribution < 1.29 is 4.79 Å². The fourth-order valence-electron chi connectivity index (χ4n) is 2.94. The first-order valence-electron chi connectivity index (χ1n) is 7.83. The summed E-state index contributed by atoms with van der Waals surface area (Å²) in [7, 11) is 1.93. The van der Waals surface area contributed by atoms with E-state index in [-0.39, 0.29) is 30.7 Å². The second-order valence-corrected chi connectivity index (χ2v) is 6.18. The molecule has 132 valence electrons. The van der Waals surface area contributed by atoms with Gasteiger partial charge in [0.05, 0.1) is 0 Å². The largest absolute Gasteiger partial charge is 0.339 e. The molecule has 4 nitrogen and oxygen atoms in total. The maximum Gasteiger partial charge on any atom is 0.253 e. The molecule has 0 aliphatic carbocycles. The van der Waals surface area contributed by atoms with Gasteiger partial charge in [-0.05, 0) is 44.4 Å². The van der Waals surface area contributed by atoms with Crippen molar-refractivity contribution in [2.75, 3.05) is 20.1 Å². The predicted octanol–water partition coefficient (Wildman–Crippen LogP) is 2.93. The number of amides is 1. The lowest BCUT2D eigenvalue weighted by Gasteiger charge is -2.38. The molecule has 0 aromatic heterocycles. The number of benzene rings is 1. The highest BCUT2D eigenvalue weighted by atomic mass is 35.5. The van der Waals surface area contributed by atoms with Crippen LogP contribution >= 0.6 is 24.8 Å². The molecule has 0 radical (unpaired) electrons. The molecule has 23 heavy (non-hydrogen) atoms. The monoisotopic (exact) mass is 361 g/mol. The predicted molar refractivity (Wildman–Crippen MR) is 101 cm³/mol. The number of carbonyl (C=O) groups is 1. The lowest BCUT2D eigenvalue weighted by Crippen LogP contribution is -2.47. The van der Waals surface area contributed by atoms with Crippen LogP contribution in [0.3, 0.4) is 0 Å². The Morgan fingerprint density at radius 1 is 1.22 bits per heavy atom. The number of carbonyl (C=O) groups excluding carboxylic acids is 1. The van der Waals surface area contributed by atoms with Gasteiger partial charge in [0.25, 0.3) is 5.91 Å². The third-order valence-corrected chi connectivity index (χ3v) is 4.53. The van der Waals surface area contributed by atoms with Gasteiger partial charge < -0.3 is 15.5 Å². The molecule has 0 saturated carbocycles. The standard InChI is InChI=1S/C17H27N3O.2ClH/c1-13(2)20-10-8-16(9-11-20)19(3)17(21)15-6-4-14(12-18)5-7-15;;/h4-7,13,16H,8-12,18H2,1-3H3;2*1H. The van der Waals surface area contributed by atoms with E-state index in [0.29, 0.717) is 18.6 Å². The van der Waals surface area contributed by atoms with Gasteiger partial charge in [-0.1, -0.05) is 12.1 Å². The number of hydrogen-bond donors (Lipinski definition) is 1. The van der Waals surface area contributed by atoms with Crippen molar-refractivity contribution in [3.05, 3.63) is 35.4 Å². The molecule has 0 bridgehead atoms. The van der Waals surface area contributed by atoms with Gasteiger partial charge in [-0.3, -0.25) is 4.79 Å². The van der Waals surface area contributed by atoms with Gasteiger partial charge in [0.15, 0.2) is 0 Å². The van der Waals surface area contributed by atoms with Crippen LogP contribution in [0, 0.1) is 0 Å². The molecule has 0 unspecified atom stereocenters. The Morgan fingerprint density at radius 3 is 2.17 bits per heavy atom. The fourth-order valence-corrected chi connectivity index (χ4v) is 2.94. The van der Waals surface area contributed by atoms with Crippen molar-refractivity contribution in [3.8, 4) is 0 Å². The Morgan fingerprint density at radius 2 is 1.74 bits per heavy atom. The lowest BCUT2D eigenvalue weighted by molar-refractivity contribution is 0.0615. The lowest BCUT2D eigenvalue weighted by atomic mass is 10.0. The van der Waals surface area contributed by atoms with Gasteiger partial charge in [0.2, 0.25) is 0 Å². The Bertz CT molecular complexity index is 471. The van der Waals surface area contributed by atoms with Crippen LogP contribution in [0.1, 0.15) is 42.6 Å². The zero-order valence-electron chi connectivity index (χ0n) is 14.2. The highest BCUT2D eigenvalue weighted by Gasteiger charge is 2.26. The summed E-state index contributed by atoms with van der Waals surface area (Å²) in [6.45, 7) is 7.12. The molecule has 6 heteroatoms. The Labute approximate surface area is 152 Å². The van der Waals surface area contributed by atoms with Gasteiger partial charge in [-0.2, -0.15) is 0 Å². The second-order valence-electron chi connectivity index (χ2n) is 6.18. The number of nitrogens with two attached hydrogens (primary N) is 1. The summed E-state index contributed by atoms with van der Waals surface area (Å²) in [5.41, 5.74) is 7.40. The zero-order chi connectivity index (χ0) is 15.4.